The fraction of sp³-hybridized carbons (Fsp3) is 0.200. The summed E-state index contributed by atoms with van der Waals surface area (Å²) in [5, 5.41) is 30.9. The van der Waals surface area contributed by atoms with Crippen LogP contribution in [0, 0.1) is 5.82 Å². The van der Waals surface area contributed by atoms with E-state index in [0.29, 0.717) is 11.1 Å². The maximum Gasteiger partial charge on any atom is 0.177 e. The molecule has 0 saturated carbocycles. The van der Waals surface area contributed by atoms with E-state index in [1.54, 1.807) is 6.07 Å². The number of allylic oxidation sites excluding steroid dienone is 1. The number of phenolic OH excluding ortho intramolecular Hbond substituents is 3. The van der Waals surface area contributed by atoms with Crippen molar-refractivity contribution in [3.8, 4) is 56.8 Å². The predicted molar refractivity (Wildman–Crippen MR) is 120 cm³/mol. The third-order valence-electron chi connectivity index (χ3n) is 4.87. The van der Waals surface area contributed by atoms with Gasteiger partial charge >= 0.3 is 0 Å². The molecule has 0 saturated heterocycles. The van der Waals surface area contributed by atoms with Gasteiger partial charge in [0.05, 0.1) is 25.3 Å². The van der Waals surface area contributed by atoms with Gasteiger partial charge in [-0.3, -0.25) is 0 Å². The molecule has 0 spiro atoms. The van der Waals surface area contributed by atoms with Gasteiger partial charge in [0.15, 0.2) is 34.6 Å². The summed E-state index contributed by atoms with van der Waals surface area (Å²) >= 11 is 0. The van der Waals surface area contributed by atoms with Gasteiger partial charge in [0.1, 0.15) is 12.4 Å². The highest BCUT2D eigenvalue weighted by Crippen LogP contribution is 2.52. The molecule has 0 aliphatic rings. The first-order chi connectivity index (χ1) is 15.3. The van der Waals surface area contributed by atoms with Crippen molar-refractivity contribution in [1.29, 1.82) is 0 Å². The standard InChI is InChI=1S/C25H25FO6/c1-14(2)11-12-32-19-10-7-16(13-18(19)28)21-23(29)25(31-4)20(22(26)24(21)30-3)15-5-8-17(27)9-6-15/h5-11,13,27-29H,12H2,1-4H3. The van der Waals surface area contributed by atoms with E-state index in [9.17, 15) is 15.3 Å². The van der Waals surface area contributed by atoms with Crippen molar-refractivity contribution in [3.05, 3.63) is 59.9 Å². The number of halogens is 1. The average Bonchev–Trinajstić information content (AvgIpc) is 2.76. The molecule has 0 aliphatic carbocycles. The summed E-state index contributed by atoms with van der Waals surface area (Å²) in [6.45, 7) is 4.16. The molecule has 3 aromatic carbocycles. The first kappa shape index (κ1) is 22.8. The number of rotatable bonds is 7. The van der Waals surface area contributed by atoms with Gasteiger partial charge in [0, 0.05) is 0 Å². The lowest BCUT2D eigenvalue weighted by Gasteiger charge is -2.19. The lowest BCUT2D eigenvalue weighted by molar-refractivity contribution is 0.335. The quantitative estimate of drug-likeness (QED) is 0.412. The van der Waals surface area contributed by atoms with Crippen LogP contribution in [-0.4, -0.2) is 36.1 Å². The topological polar surface area (TPSA) is 88.4 Å². The molecule has 0 fully saturated rings. The van der Waals surface area contributed by atoms with Crippen molar-refractivity contribution in [2.45, 2.75) is 13.8 Å². The lowest BCUT2D eigenvalue weighted by atomic mass is 9.95. The van der Waals surface area contributed by atoms with E-state index in [1.807, 2.05) is 19.9 Å². The van der Waals surface area contributed by atoms with Gasteiger partial charge in [-0.05, 0) is 55.3 Å². The second-order valence-corrected chi connectivity index (χ2v) is 7.30. The van der Waals surface area contributed by atoms with Crippen LogP contribution < -0.4 is 14.2 Å². The van der Waals surface area contributed by atoms with Crippen molar-refractivity contribution < 1.29 is 33.9 Å². The molecule has 3 aromatic rings. The second-order valence-electron chi connectivity index (χ2n) is 7.30. The van der Waals surface area contributed by atoms with E-state index in [4.69, 9.17) is 14.2 Å². The molecule has 32 heavy (non-hydrogen) atoms. The molecule has 0 bridgehead atoms. The zero-order valence-corrected chi connectivity index (χ0v) is 18.3. The Balaban J connectivity index is 2.15. The first-order valence-electron chi connectivity index (χ1n) is 9.83. The minimum atomic E-state index is -0.758. The van der Waals surface area contributed by atoms with Crippen LogP contribution in [0.2, 0.25) is 0 Å². The summed E-state index contributed by atoms with van der Waals surface area (Å²) in [5.41, 5.74) is 1.77. The molecule has 0 unspecified atom stereocenters. The zero-order chi connectivity index (χ0) is 23.4. The number of phenols is 3. The Morgan fingerprint density at radius 1 is 0.875 bits per heavy atom. The van der Waals surface area contributed by atoms with Crippen molar-refractivity contribution in [2.24, 2.45) is 0 Å². The van der Waals surface area contributed by atoms with Crippen molar-refractivity contribution in [1.82, 2.24) is 0 Å². The highest BCUT2D eigenvalue weighted by molar-refractivity contribution is 5.88. The summed E-state index contributed by atoms with van der Waals surface area (Å²) in [5.74, 6) is -1.34. The Morgan fingerprint density at radius 2 is 1.50 bits per heavy atom. The Bertz CT molecular complexity index is 1150. The zero-order valence-electron chi connectivity index (χ0n) is 18.3. The smallest absolute Gasteiger partial charge is 0.177 e. The van der Waals surface area contributed by atoms with Gasteiger partial charge in [-0.2, -0.15) is 0 Å². The number of aromatic hydroxyl groups is 3. The van der Waals surface area contributed by atoms with Gasteiger partial charge in [-0.15, -0.1) is 0 Å². The Kier molecular flexibility index (Phi) is 6.78. The van der Waals surface area contributed by atoms with Crippen LogP contribution >= 0.6 is 0 Å². The van der Waals surface area contributed by atoms with Crippen LogP contribution in [0.5, 0.6) is 34.5 Å². The number of hydrogen-bond acceptors (Lipinski definition) is 6. The van der Waals surface area contributed by atoms with Crippen molar-refractivity contribution in [3.63, 3.8) is 0 Å². The van der Waals surface area contributed by atoms with Crippen LogP contribution in [0.15, 0.2) is 54.1 Å². The molecule has 0 heterocycles. The first-order valence-corrected chi connectivity index (χ1v) is 9.83. The monoisotopic (exact) mass is 440 g/mol. The summed E-state index contributed by atoms with van der Waals surface area (Å²) in [6, 6.07) is 10.3. The van der Waals surface area contributed by atoms with Crippen LogP contribution in [0.3, 0.4) is 0 Å². The number of hydrogen-bond donors (Lipinski definition) is 3. The second kappa shape index (κ2) is 9.51. The number of benzene rings is 3. The number of ether oxygens (including phenoxy) is 3. The van der Waals surface area contributed by atoms with E-state index in [0.717, 1.165) is 5.57 Å². The summed E-state index contributed by atoms with van der Waals surface area (Å²) in [7, 11) is 2.59. The molecule has 6 nitrogen and oxygen atoms in total. The van der Waals surface area contributed by atoms with E-state index in [1.165, 1.54) is 50.6 Å². The highest BCUT2D eigenvalue weighted by atomic mass is 19.1. The third kappa shape index (κ3) is 4.42. The predicted octanol–water partition coefficient (Wildman–Crippen LogP) is 5.64. The van der Waals surface area contributed by atoms with Crippen LogP contribution in [0.1, 0.15) is 13.8 Å². The molecule has 3 rings (SSSR count). The molecule has 0 amide bonds. The van der Waals surface area contributed by atoms with E-state index >= 15 is 4.39 Å². The summed E-state index contributed by atoms with van der Waals surface area (Å²) in [4.78, 5) is 0. The third-order valence-corrected chi connectivity index (χ3v) is 4.87. The normalized spacial score (nSPS) is 10.5. The fourth-order valence-corrected chi connectivity index (χ4v) is 3.30. The molecule has 0 atom stereocenters. The molecule has 0 aromatic heterocycles. The van der Waals surface area contributed by atoms with Crippen LogP contribution in [-0.2, 0) is 0 Å². The molecular weight excluding hydrogens is 415 g/mol. The van der Waals surface area contributed by atoms with Crippen LogP contribution in [0.4, 0.5) is 4.39 Å². The molecule has 0 aliphatic heterocycles. The summed E-state index contributed by atoms with van der Waals surface area (Å²) in [6.07, 6.45) is 1.87. The molecule has 7 heteroatoms. The van der Waals surface area contributed by atoms with Crippen molar-refractivity contribution >= 4 is 0 Å². The fourth-order valence-electron chi connectivity index (χ4n) is 3.30. The minimum Gasteiger partial charge on any atom is -0.508 e. The SMILES string of the molecule is COc1c(F)c(-c2ccc(O)cc2)c(OC)c(O)c1-c1ccc(OCC=C(C)C)c(O)c1. The van der Waals surface area contributed by atoms with Gasteiger partial charge < -0.3 is 29.5 Å². The Hall–Kier alpha value is -3.87. The maximum atomic E-state index is 15.6. The number of methoxy groups -OCH3 is 2. The Morgan fingerprint density at radius 3 is 2.06 bits per heavy atom. The lowest BCUT2D eigenvalue weighted by Crippen LogP contribution is -2.00. The van der Waals surface area contributed by atoms with Gasteiger partial charge in [0.2, 0.25) is 0 Å². The van der Waals surface area contributed by atoms with E-state index < -0.39 is 5.82 Å². The van der Waals surface area contributed by atoms with Crippen LogP contribution in [0.25, 0.3) is 22.3 Å². The van der Waals surface area contributed by atoms with E-state index in [-0.39, 0.29) is 52.2 Å². The van der Waals surface area contributed by atoms with E-state index in [2.05, 4.69) is 0 Å². The highest BCUT2D eigenvalue weighted by Gasteiger charge is 2.28. The average molecular weight is 440 g/mol. The molecular formula is C25H25FO6. The maximum absolute atomic E-state index is 15.6. The molecule has 3 N–H and O–H groups in total. The largest absolute Gasteiger partial charge is 0.508 e. The minimum absolute atomic E-state index is 0.0169. The summed E-state index contributed by atoms with van der Waals surface area (Å²) < 4.78 is 31.8. The Labute approximate surface area is 185 Å². The van der Waals surface area contributed by atoms with Gasteiger partial charge in [-0.1, -0.05) is 23.8 Å². The van der Waals surface area contributed by atoms with Gasteiger partial charge in [-0.25, -0.2) is 4.39 Å². The molecule has 168 valence electrons. The van der Waals surface area contributed by atoms with Gasteiger partial charge in [0.25, 0.3) is 0 Å². The van der Waals surface area contributed by atoms with Crippen molar-refractivity contribution in [2.75, 3.05) is 20.8 Å². The molecule has 0 radical (unpaired) electrons.